The molecule has 4 rings (SSSR count). The summed E-state index contributed by atoms with van der Waals surface area (Å²) in [5.41, 5.74) is 4.45. The van der Waals surface area contributed by atoms with Crippen LogP contribution in [0.15, 0.2) is 53.1 Å². The lowest BCUT2D eigenvalue weighted by molar-refractivity contribution is 0.0336. The molecule has 23 heavy (non-hydrogen) atoms. The van der Waals surface area contributed by atoms with Gasteiger partial charge in [-0.25, -0.2) is 4.98 Å². The van der Waals surface area contributed by atoms with E-state index in [-0.39, 0.29) is 0 Å². The average molecular weight is 372 g/mol. The average Bonchev–Trinajstić information content (AvgIpc) is 2.95. The van der Waals surface area contributed by atoms with E-state index < -0.39 is 0 Å². The largest absolute Gasteiger partial charge is 0.379 e. The van der Waals surface area contributed by atoms with E-state index in [1.165, 1.54) is 5.69 Å². The van der Waals surface area contributed by atoms with Crippen LogP contribution in [0.25, 0.3) is 16.9 Å². The van der Waals surface area contributed by atoms with Crippen molar-refractivity contribution in [3.8, 4) is 11.3 Å². The minimum Gasteiger partial charge on any atom is -0.379 e. The Morgan fingerprint density at radius 2 is 1.83 bits per heavy atom. The molecule has 0 N–H and O–H groups in total. The summed E-state index contributed by atoms with van der Waals surface area (Å²) < 4.78 is 8.75. The van der Waals surface area contributed by atoms with E-state index in [1.807, 2.05) is 6.07 Å². The number of benzene rings is 1. The molecule has 1 aliphatic rings. The third-order valence-electron chi connectivity index (χ3n) is 4.22. The Morgan fingerprint density at radius 3 is 2.61 bits per heavy atom. The molecule has 1 aromatic carbocycles. The van der Waals surface area contributed by atoms with E-state index in [0.29, 0.717) is 0 Å². The van der Waals surface area contributed by atoms with Crippen LogP contribution in [0.1, 0.15) is 5.69 Å². The van der Waals surface area contributed by atoms with Crippen molar-refractivity contribution in [3.63, 3.8) is 0 Å². The molecule has 5 heteroatoms. The first-order valence-corrected chi connectivity index (χ1v) is 8.62. The highest BCUT2D eigenvalue weighted by molar-refractivity contribution is 9.10. The molecule has 1 saturated heterocycles. The highest BCUT2D eigenvalue weighted by Gasteiger charge is 2.18. The van der Waals surface area contributed by atoms with Crippen LogP contribution in [0.4, 0.5) is 0 Å². The number of pyridine rings is 1. The van der Waals surface area contributed by atoms with Gasteiger partial charge in [-0.1, -0.05) is 34.1 Å². The zero-order valence-electron chi connectivity index (χ0n) is 12.8. The number of hydrogen-bond acceptors (Lipinski definition) is 3. The molecule has 0 bridgehead atoms. The fourth-order valence-corrected chi connectivity index (χ4v) is 3.27. The van der Waals surface area contributed by atoms with Crippen LogP contribution < -0.4 is 0 Å². The van der Waals surface area contributed by atoms with Crippen molar-refractivity contribution in [2.45, 2.75) is 6.54 Å². The molecule has 0 unspecified atom stereocenters. The minimum atomic E-state index is 0.810. The molecule has 118 valence electrons. The van der Waals surface area contributed by atoms with Gasteiger partial charge in [0.15, 0.2) is 0 Å². The normalized spacial score (nSPS) is 16.0. The summed E-state index contributed by atoms with van der Waals surface area (Å²) in [7, 11) is 0. The van der Waals surface area contributed by atoms with Gasteiger partial charge in [-0.05, 0) is 24.3 Å². The lowest BCUT2D eigenvalue weighted by Crippen LogP contribution is -2.36. The molecular weight excluding hydrogens is 354 g/mol. The molecule has 3 heterocycles. The van der Waals surface area contributed by atoms with Gasteiger partial charge < -0.3 is 9.14 Å². The van der Waals surface area contributed by atoms with Crippen LogP contribution in [-0.4, -0.2) is 40.6 Å². The number of nitrogens with zero attached hydrogens (tertiary/aromatic N) is 3. The van der Waals surface area contributed by atoms with Crippen LogP contribution >= 0.6 is 15.9 Å². The van der Waals surface area contributed by atoms with Crippen molar-refractivity contribution in [2.75, 3.05) is 26.3 Å². The van der Waals surface area contributed by atoms with Gasteiger partial charge in [0.1, 0.15) is 5.65 Å². The summed E-state index contributed by atoms with van der Waals surface area (Å²) in [6.07, 6.45) is 2.10. The molecule has 2 aromatic heterocycles. The van der Waals surface area contributed by atoms with E-state index >= 15 is 0 Å². The molecule has 3 aromatic rings. The first-order chi connectivity index (χ1) is 11.3. The standard InChI is InChI=1S/C18H18BrN3O/c19-15-6-4-14(5-7-15)18-16(13-21-9-11-23-12-10-21)22-8-2-1-3-17(22)20-18/h1-8H,9-13H2. The Bertz CT molecular complexity index is 807. The smallest absolute Gasteiger partial charge is 0.137 e. The summed E-state index contributed by atoms with van der Waals surface area (Å²) in [4.78, 5) is 7.30. The number of fused-ring (bicyclic) bond motifs is 1. The topological polar surface area (TPSA) is 29.8 Å². The lowest BCUT2D eigenvalue weighted by Gasteiger charge is -2.26. The number of rotatable bonds is 3. The van der Waals surface area contributed by atoms with Gasteiger partial charge in [-0.15, -0.1) is 0 Å². The van der Waals surface area contributed by atoms with Crippen LogP contribution in [0, 0.1) is 0 Å². The number of ether oxygens (including phenoxy) is 1. The summed E-state index contributed by atoms with van der Waals surface area (Å²) in [5, 5.41) is 0. The van der Waals surface area contributed by atoms with Crippen LogP contribution in [0.5, 0.6) is 0 Å². The van der Waals surface area contributed by atoms with Gasteiger partial charge in [0, 0.05) is 35.9 Å². The van der Waals surface area contributed by atoms with Crippen molar-refractivity contribution >= 4 is 21.6 Å². The van der Waals surface area contributed by atoms with E-state index in [0.717, 1.165) is 54.2 Å². The lowest BCUT2D eigenvalue weighted by atomic mass is 10.1. The third kappa shape index (κ3) is 3.04. The van der Waals surface area contributed by atoms with Crippen LogP contribution in [-0.2, 0) is 11.3 Å². The second-order valence-corrected chi connectivity index (χ2v) is 6.65. The predicted molar refractivity (Wildman–Crippen MR) is 94.4 cm³/mol. The molecule has 4 nitrogen and oxygen atoms in total. The van der Waals surface area contributed by atoms with Crippen molar-refractivity contribution in [3.05, 3.63) is 58.8 Å². The minimum absolute atomic E-state index is 0.810. The van der Waals surface area contributed by atoms with Gasteiger partial charge in [-0.3, -0.25) is 4.90 Å². The van der Waals surface area contributed by atoms with Gasteiger partial charge in [0.25, 0.3) is 0 Å². The SMILES string of the molecule is Brc1ccc(-c2nc3ccccn3c2CN2CCOCC2)cc1. The highest BCUT2D eigenvalue weighted by Crippen LogP contribution is 2.27. The fourth-order valence-electron chi connectivity index (χ4n) is 3.01. The summed E-state index contributed by atoms with van der Waals surface area (Å²) in [6.45, 7) is 4.45. The van der Waals surface area contributed by atoms with E-state index in [2.05, 4.69) is 67.8 Å². The molecule has 1 fully saturated rings. The number of halogens is 1. The molecule has 0 spiro atoms. The number of hydrogen-bond donors (Lipinski definition) is 0. The second kappa shape index (κ2) is 6.43. The van der Waals surface area contributed by atoms with Gasteiger partial charge in [-0.2, -0.15) is 0 Å². The van der Waals surface area contributed by atoms with Crippen molar-refractivity contribution < 1.29 is 4.74 Å². The molecule has 0 amide bonds. The zero-order chi connectivity index (χ0) is 15.6. The van der Waals surface area contributed by atoms with E-state index in [9.17, 15) is 0 Å². The van der Waals surface area contributed by atoms with Crippen molar-refractivity contribution in [1.82, 2.24) is 14.3 Å². The Kier molecular flexibility index (Phi) is 4.16. The highest BCUT2D eigenvalue weighted by atomic mass is 79.9. The van der Waals surface area contributed by atoms with Gasteiger partial charge in [0.05, 0.1) is 24.6 Å². The van der Waals surface area contributed by atoms with Crippen molar-refractivity contribution in [1.29, 1.82) is 0 Å². The second-order valence-electron chi connectivity index (χ2n) is 5.73. The maximum absolute atomic E-state index is 5.47. The van der Waals surface area contributed by atoms with Crippen molar-refractivity contribution in [2.24, 2.45) is 0 Å². The van der Waals surface area contributed by atoms with Gasteiger partial charge >= 0.3 is 0 Å². The maximum atomic E-state index is 5.47. The van der Waals surface area contributed by atoms with Crippen LogP contribution in [0.3, 0.4) is 0 Å². The number of aromatic nitrogens is 2. The fraction of sp³-hybridized carbons (Fsp3) is 0.278. The first-order valence-electron chi connectivity index (χ1n) is 7.83. The summed E-state index contributed by atoms with van der Waals surface area (Å²) in [5.74, 6) is 0. The molecule has 0 atom stereocenters. The van der Waals surface area contributed by atoms with E-state index in [4.69, 9.17) is 9.72 Å². The summed E-state index contributed by atoms with van der Waals surface area (Å²) >= 11 is 3.50. The molecule has 0 saturated carbocycles. The van der Waals surface area contributed by atoms with E-state index in [1.54, 1.807) is 0 Å². The molecular formula is C18H18BrN3O. The maximum Gasteiger partial charge on any atom is 0.137 e. The number of imidazole rings is 1. The number of morpholine rings is 1. The Labute approximate surface area is 143 Å². The zero-order valence-corrected chi connectivity index (χ0v) is 14.4. The van der Waals surface area contributed by atoms with Gasteiger partial charge in [0.2, 0.25) is 0 Å². The third-order valence-corrected chi connectivity index (χ3v) is 4.75. The predicted octanol–water partition coefficient (Wildman–Crippen LogP) is 3.60. The Hall–Kier alpha value is -1.69. The van der Waals surface area contributed by atoms with Crippen LogP contribution in [0.2, 0.25) is 0 Å². The molecule has 1 aliphatic heterocycles. The molecule has 0 radical (unpaired) electrons. The monoisotopic (exact) mass is 371 g/mol. The summed E-state index contributed by atoms with van der Waals surface area (Å²) in [6, 6.07) is 14.5. The Morgan fingerprint density at radius 1 is 1.04 bits per heavy atom. The quantitative estimate of drug-likeness (QED) is 0.704. The molecule has 0 aliphatic carbocycles. The Balaban J connectivity index is 1.79. The first kappa shape index (κ1) is 14.9.